The molecule has 0 unspecified atom stereocenters. The Balaban J connectivity index is 1.68. The first-order valence-electron chi connectivity index (χ1n) is 9.46. The minimum atomic E-state index is 0.867. The van der Waals surface area contributed by atoms with Crippen molar-refractivity contribution in [1.29, 1.82) is 0 Å². The van der Waals surface area contributed by atoms with Crippen molar-refractivity contribution < 1.29 is 4.74 Å². The second-order valence-corrected chi connectivity index (χ2v) is 7.24. The van der Waals surface area contributed by atoms with Crippen LogP contribution in [0.4, 0.5) is 0 Å². The van der Waals surface area contributed by atoms with E-state index in [0.29, 0.717) is 0 Å². The highest BCUT2D eigenvalue weighted by Gasteiger charge is 1.96. The Morgan fingerprint density at radius 1 is 0.818 bits per heavy atom. The van der Waals surface area contributed by atoms with E-state index in [2.05, 4.69) is 18.4 Å². The molecule has 0 saturated heterocycles. The molecule has 1 aromatic heterocycles. The summed E-state index contributed by atoms with van der Waals surface area (Å²) in [7, 11) is 0. The molecule has 1 heterocycles. The molecule has 0 saturated carbocycles. The van der Waals surface area contributed by atoms with Crippen LogP contribution in [0, 0.1) is 5.38 Å². The third kappa shape index (κ3) is 12.2. The maximum Gasteiger partial charge on any atom is 0.0514 e. The molecule has 1 radical (unpaired) electrons. The van der Waals surface area contributed by atoms with E-state index in [1.165, 1.54) is 81.9 Å². The third-order valence-electron chi connectivity index (χ3n) is 4.16. The summed E-state index contributed by atoms with van der Waals surface area (Å²) in [6.45, 7) is 4.09. The van der Waals surface area contributed by atoms with E-state index < -0.39 is 0 Å². The van der Waals surface area contributed by atoms with Gasteiger partial charge in [-0.3, -0.25) is 0 Å². The third-order valence-corrected chi connectivity index (χ3v) is 5.02. The zero-order valence-corrected chi connectivity index (χ0v) is 15.4. The fourth-order valence-corrected chi connectivity index (χ4v) is 3.33. The van der Waals surface area contributed by atoms with Gasteiger partial charge < -0.3 is 4.74 Å². The fourth-order valence-electron chi connectivity index (χ4n) is 2.72. The van der Waals surface area contributed by atoms with E-state index in [1.54, 1.807) is 11.3 Å². The molecular formula is C20H35OS. The largest absolute Gasteiger partial charge is 0.381 e. The molecule has 0 fully saturated rings. The molecule has 0 spiro atoms. The lowest BCUT2D eigenvalue weighted by Crippen LogP contribution is -1.99. The van der Waals surface area contributed by atoms with Crippen LogP contribution in [0.2, 0.25) is 0 Å². The zero-order chi connectivity index (χ0) is 15.7. The van der Waals surface area contributed by atoms with Gasteiger partial charge >= 0.3 is 0 Å². The highest BCUT2D eigenvalue weighted by Crippen LogP contribution is 2.12. The molecular weight excluding hydrogens is 288 g/mol. The van der Waals surface area contributed by atoms with Crippen molar-refractivity contribution in [3.05, 3.63) is 22.4 Å². The summed E-state index contributed by atoms with van der Waals surface area (Å²) in [5.41, 5.74) is 0. The van der Waals surface area contributed by atoms with E-state index >= 15 is 0 Å². The van der Waals surface area contributed by atoms with Crippen LogP contribution in [0.1, 0.15) is 88.9 Å². The van der Waals surface area contributed by atoms with Gasteiger partial charge in [0.05, 0.1) is 6.61 Å². The first-order chi connectivity index (χ1) is 10.9. The van der Waals surface area contributed by atoms with Gasteiger partial charge in [-0.15, -0.1) is 11.3 Å². The van der Waals surface area contributed by atoms with Gasteiger partial charge in [0.2, 0.25) is 0 Å². The molecule has 0 atom stereocenters. The van der Waals surface area contributed by atoms with Crippen LogP contribution in [0.3, 0.4) is 0 Å². The van der Waals surface area contributed by atoms with Crippen molar-refractivity contribution in [2.75, 3.05) is 13.2 Å². The maximum absolute atomic E-state index is 5.69. The van der Waals surface area contributed by atoms with Crippen molar-refractivity contribution >= 4 is 11.3 Å². The minimum Gasteiger partial charge on any atom is -0.381 e. The summed E-state index contributed by atoms with van der Waals surface area (Å²) in [6.07, 6.45) is 17.9. The topological polar surface area (TPSA) is 9.23 Å². The Labute approximate surface area is 142 Å². The normalized spacial score (nSPS) is 11.1. The smallest absolute Gasteiger partial charge is 0.0514 e. The van der Waals surface area contributed by atoms with Gasteiger partial charge in [-0.1, -0.05) is 77.6 Å². The summed E-state index contributed by atoms with van der Waals surface area (Å²) in [5, 5.41) is 3.12. The Morgan fingerprint density at radius 2 is 1.41 bits per heavy atom. The molecule has 1 nitrogen and oxygen atoms in total. The highest BCUT2D eigenvalue weighted by atomic mass is 32.1. The molecule has 0 aliphatic carbocycles. The van der Waals surface area contributed by atoms with Gasteiger partial charge in [0.25, 0.3) is 0 Å². The Kier molecular flexibility index (Phi) is 13.9. The van der Waals surface area contributed by atoms with E-state index in [-0.39, 0.29) is 0 Å². The molecule has 0 bridgehead atoms. The fraction of sp³-hybridized carbons (Fsp3) is 0.800. The van der Waals surface area contributed by atoms with Crippen molar-refractivity contribution in [3.8, 4) is 0 Å². The van der Waals surface area contributed by atoms with Crippen LogP contribution in [0.15, 0.2) is 12.1 Å². The molecule has 1 aromatic rings. The second kappa shape index (κ2) is 15.6. The summed E-state index contributed by atoms with van der Waals surface area (Å²) < 4.78 is 5.69. The number of ether oxygens (including phenoxy) is 1. The second-order valence-electron chi connectivity index (χ2n) is 6.27. The van der Waals surface area contributed by atoms with Gasteiger partial charge in [0.1, 0.15) is 0 Å². The molecule has 0 aliphatic rings. The molecule has 2 heteroatoms. The van der Waals surface area contributed by atoms with E-state index in [9.17, 15) is 0 Å². The summed E-state index contributed by atoms with van der Waals surface area (Å²) in [5.74, 6) is 0. The Hall–Kier alpha value is -0.340. The number of rotatable bonds is 16. The van der Waals surface area contributed by atoms with Crippen LogP contribution in [-0.2, 0) is 11.2 Å². The molecule has 1 rings (SSSR count). The van der Waals surface area contributed by atoms with Gasteiger partial charge in [0.15, 0.2) is 0 Å². The predicted molar refractivity (Wildman–Crippen MR) is 98.8 cm³/mol. The summed E-state index contributed by atoms with van der Waals surface area (Å²) in [6, 6.07) is 4.13. The number of thiophene rings is 1. The molecule has 0 N–H and O–H groups in total. The van der Waals surface area contributed by atoms with Crippen molar-refractivity contribution in [1.82, 2.24) is 0 Å². The molecule has 22 heavy (non-hydrogen) atoms. The zero-order valence-electron chi connectivity index (χ0n) is 14.6. The van der Waals surface area contributed by atoms with E-state index in [4.69, 9.17) is 4.74 Å². The number of unbranched alkanes of at least 4 members (excludes halogenated alkanes) is 11. The molecule has 0 aliphatic heterocycles. The van der Waals surface area contributed by atoms with Crippen molar-refractivity contribution in [2.24, 2.45) is 0 Å². The first-order valence-corrected chi connectivity index (χ1v) is 10.3. The molecule has 127 valence electrons. The van der Waals surface area contributed by atoms with Crippen LogP contribution >= 0.6 is 11.3 Å². The number of hydrogen-bond donors (Lipinski definition) is 0. The van der Waals surface area contributed by atoms with Crippen LogP contribution < -0.4 is 0 Å². The highest BCUT2D eigenvalue weighted by molar-refractivity contribution is 7.09. The van der Waals surface area contributed by atoms with Crippen molar-refractivity contribution in [3.63, 3.8) is 0 Å². The monoisotopic (exact) mass is 323 g/mol. The summed E-state index contributed by atoms with van der Waals surface area (Å²) >= 11 is 1.70. The molecule has 0 aromatic carbocycles. The van der Waals surface area contributed by atoms with Crippen molar-refractivity contribution in [2.45, 2.75) is 90.4 Å². The molecule has 0 amide bonds. The minimum absolute atomic E-state index is 0.867. The number of hydrogen-bond acceptors (Lipinski definition) is 2. The Morgan fingerprint density at radius 3 is 1.95 bits per heavy atom. The maximum atomic E-state index is 5.69. The van der Waals surface area contributed by atoms with Crippen LogP contribution in [0.5, 0.6) is 0 Å². The average molecular weight is 324 g/mol. The summed E-state index contributed by atoms with van der Waals surface area (Å²) in [4.78, 5) is 1.38. The lowest BCUT2D eigenvalue weighted by atomic mass is 10.1. The average Bonchev–Trinajstić information content (AvgIpc) is 3.04. The van der Waals surface area contributed by atoms with Gasteiger partial charge in [-0.2, -0.15) is 0 Å². The quantitative estimate of drug-likeness (QED) is 0.304. The lowest BCUT2D eigenvalue weighted by Gasteiger charge is -2.04. The van der Waals surface area contributed by atoms with Crippen LogP contribution in [0.25, 0.3) is 0 Å². The SMILES string of the molecule is CCCCCCCCCCCCCCOCCc1cc[c]s1. The lowest BCUT2D eigenvalue weighted by molar-refractivity contribution is 0.133. The van der Waals surface area contributed by atoms with Gasteiger partial charge in [-0.05, 0) is 18.6 Å². The first kappa shape index (κ1) is 19.7. The van der Waals surface area contributed by atoms with Gasteiger partial charge in [0, 0.05) is 23.3 Å². The Bertz CT molecular complexity index is 308. The predicted octanol–water partition coefficient (Wildman–Crippen LogP) is 6.81. The van der Waals surface area contributed by atoms with E-state index in [1.807, 2.05) is 6.07 Å². The van der Waals surface area contributed by atoms with Crippen LogP contribution in [-0.4, -0.2) is 13.2 Å². The van der Waals surface area contributed by atoms with Gasteiger partial charge in [-0.25, -0.2) is 0 Å². The van der Waals surface area contributed by atoms with E-state index in [0.717, 1.165) is 19.6 Å². The standard InChI is InChI=1S/C20H35OS/c1-2-3-4-5-6-7-8-9-10-11-12-13-17-21-18-16-20-15-14-19-22-20/h14-15H,2-13,16-18H2,1H3.